The predicted octanol–water partition coefficient (Wildman–Crippen LogP) is 4.01. The van der Waals surface area contributed by atoms with Gasteiger partial charge in [-0.25, -0.2) is 4.79 Å². The summed E-state index contributed by atoms with van der Waals surface area (Å²) in [5.74, 6) is -0.262. The maximum Gasteiger partial charge on any atom is 0.340 e. The zero-order chi connectivity index (χ0) is 19.4. The summed E-state index contributed by atoms with van der Waals surface area (Å²) in [4.78, 5) is 15.4. The number of nitrogens with zero attached hydrogens (tertiary/aromatic N) is 1. The summed E-state index contributed by atoms with van der Waals surface area (Å²) >= 11 is 5.25. The number of aromatic amines is 1. The maximum absolute atomic E-state index is 12.5. The van der Waals surface area contributed by atoms with Crippen molar-refractivity contribution in [1.82, 2.24) is 4.98 Å². The lowest BCUT2D eigenvalue weighted by atomic mass is 10.0. The first-order valence-electron chi connectivity index (χ1n) is 8.45. The summed E-state index contributed by atoms with van der Waals surface area (Å²) < 4.78 is 16.9. The number of benzene rings is 1. The molecule has 0 amide bonds. The number of nitrogens with one attached hydrogen (secondary N) is 1. The van der Waals surface area contributed by atoms with Gasteiger partial charge in [-0.3, -0.25) is 0 Å². The Kier molecular flexibility index (Phi) is 5.57. The minimum Gasteiger partial charge on any atom is -0.462 e. The third-order valence-electron chi connectivity index (χ3n) is 4.07. The van der Waals surface area contributed by atoms with Gasteiger partial charge >= 0.3 is 5.97 Å². The van der Waals surface area contributed by atoms with E-state index >= 15 is 0 Å². The van der Waals surface area contributed by atoms with E-state index < -0.39 is 12.3 Å². The van der Waals surface area contributed by atoms with E-state index in [-0.39, 0.29) is 22.4 Å². The van der Waals surface area contributed by atoms with Gasteiger partial charge < -0.3 is 19.2 Å². The highest BCUT2D eigenvalue weighted by molar-refractivity contribution is 7.71. The molecule has 3 rings (SSSR count). The molecule has 1 aromatic carbocycles. The van der Waals surface area contributed by atoms with Crippen molar-refractivity contribution in [1.29, 1.82) is 5.26 Å². The second-order valence-electron chi connectivity index (χ2n) is 5.89. The number of esters is 1. The minimum atomic E-state index is -0.554. The van der Waals surface area contributed by atoms with Gasteiger partial charge in [-0.15, -0.1) is 0 Å². The first kappa shape index (κ1) is 18.7. The largest absolute Gasteiger partial charge is 0.462 e. The Morgan fingerprint density at radius 2 is 2.11 bits per heavy atom. The fourth-order valence-corrected chi connectivity index (χ4v) is 3.18. The number of aryl methyl sites for hydroxylation is 1. The summed E-state index contributed by atoms with van der Waals surface area (Å²) in [6.07, 6.45) is 1.39. The topological polar surface area (TPSA) is 84.3 Å². The van der Waals surface area contributed by atoms with Gasteiger partial charge in [-0.2, -0.15) is 5.26 Å². The van der Waals surface area contributed by atoms with Crippen molar-refractivity contribution in [3.8, 4) is 6.07 Å². The van der Waals surface area contributed by atoms with E-state index in [1.54, 1.807) is 13.8 Å². The van der Waals surface area contributed by atoms with E-state index in [0.29, 0.717) is 23.4 Å². The number of aromatic nitrogens is 1. The Morgan fingerprint density at radius 3 is 2.78 bits per heavy atom. The summed E-state index contributed by atoms with van der Waals surface area (Å²) in [5.41, 5.74) is 2.21. The molecule has 0 bridgehead atoms. The molecule has 1 atom stereocenters. The van der Waals surface area contributed by atoms with Crippen LogP contribution in [0.2, 0.25) is 0 Å². The molecule has 1 N–H and O–H groups in total. The standard InChI is InChI=1S/C20H18N2O4S/c1-3-24-20(23)17-12(2)22-19(27)14(10-21)18(17)15-11-25-16(26-15)9-13-7-5-4-6-8-13/h4-8,11,16H,3,9H2,1-2H3,(H,22,27). The Labute approximate surface area is 162 Å². The maximum atomic E-state index is 12.5. The van der Waals surface area contributed by atoms with Crippen molar-refractivity contribution in [3.05, 3.63) is 69.2 Å². The number of pyridine rings is 1. The quantitative estimate of drug-likeness (QED) is 0.621. The number of carbonyl (C=O) groups excluding carboxylic acids is 1. The molecule has 0 radical (unpaired) electrons. The van der Waals surface area contributed by atoms with Crippen LogP contribution >= 0.6 is 12.2 Å². The van der Waals surface area contributed by atoms with Crippen LogP contribution in [-0.2, 0) is 20.6 Å². The van der Waals surface area contributed by atoms with Crippen LogP contribution in [0.1, 0.15) is 39.7 Å². The van der Waals surface area contributed by atoms with Crippen LogP contribution in [0.25, 0.3) is 5.76 Å². The molecule has 1 aliphatic heterocycles. The molecular weight excluding hydrogens is 364 g/mol. The van der Waals surface area contributed by atoms with Gasteiger partial charge in [-0.05, 0) is 19.4 Å². The second-order valence-corrected chi connectivity index (χ2v) is 6.30. The van der Waals surface area contributed by atoms with Crippen molar-refractivity contribution in [3.63, 3.8) is 0 Å². The van der Waals surface area contributed by atoms with Gasteiger partial charge in [-0.1, -0.05) is 42.5 Å². The first-order chi connectivity index (χ1) is 13.0. The van der Waals surface area contributed by atoms with Crippen molar-refractivity contribution in [2.75, 3.05) is 6.61 Å². The van der Waals surface area contributed by atoms with Crippen LogP contribution < -0.4 is 0 Å². The van der Waals surface area contributed by atoms with E-state index in [1.807, 2.05) is 30.3 Å². The highest BCUT2D eigenvalue weighted by Crippen LogP contribution is 2.32. The highest BCUT2D eigenvalue weighted by atomic mass is 32.1. The number of carbonyl (C=O) groups is 1. The van der Waals surface area contributed by atoms with Crippen LogP contribution in [0, 0.1) is 22.9 Å². The van der Waals surface area contributed by atoms with Gasteiger partial charge in [0.25, 0.3) is 0 Å². The lowest BCUT2D eigenvalue weighted by Crippen LogP contribution is -2.16. The molecule has 0 saturated heterocycles. The lowest BCUT2D eigenvalue weighted by molar-refractivity contribution is -0.0137. The van der Waals surface area contributed by atoms with Crippen LogP contribution in [0.4, 0.5) is 0 Å². The molecule has 6 nitrogen and oxygen atoms in total. The Hall–Kier alpha value is -3.11. The first-order valence-corrected chi connectivity index (χ1v) is 8.86. The molecule has 1 aromatic heterocycles. The van der Waals surface area contributed by atoms with Gasteiger partial charge in [0.05, 0.1) is 23.3 Å². The smallest absolute Gasteiger partial charge is 0.340 e. The number of nitriles is 1. The molecular formula is C20H18N2O4S. The SMILES string of the molecule is CCOC(=O)c1c(C)[nH]c(=S)c(C#N)c1C1=COC(Cc2ccccc2)O1. The van der Waals surface area contributed by atoms with Crippen molar-refractivity contribution >= 4 is 23.9 Å². The van der Waals surface area contributed by atoms with E-state index in [1.165, 1.54) is 6.26 Å². The van der Waals surface area contributed by atoms with Crippen molar-refractivity contribution in [2.45, 2.75) is 26.6 Å². The number of hydrogen-bond donors (Lipinski definition) is 1. The molecule has 1 aliphatic rings. The van der Waals surface area contributed by atoms with Crippen LogP contribution in [-0.4, -0.2) is 23.9 Å². The summed E-state index contributed by atoms with van der Waals surface area (Å²) in [7, 11) is 0. The third-order valence-corrected chi connectivity index (χ3v) is 4.38. The molecule has 1 unspecified atom stereocenters. The zero-order valence-electron chi connectivity index (χ0n) is 14.9. The molecule has 7 heteroatoms. The fraction of sp³-hybridized carbons (Fsp3) is 0.250. The fourth-order valence-electron chi connectivity index (χ4n) is 2.88. The van der Waals surface area contributed by atoms with Gasteiger partial charge in [0.1, 0.15) is 17.0 Å². The Bertz CT molecular complexity index is 990. The molecule has 2 aromatic rings. The lowest BCUT2D eigenvalue weighted by Gasteiger charge is -2.16. The number of rotatable bonds is 5. The van der Waals surface area contributed by atoms with E-state index in [9.17, 15) is 10.1 Å². The molecule has 0 saturated carbocycles. The number of hydrogen-bond acceptors (Lipinski definition) is 6. The minimum absolute atomic E-state index is 0.147. The molecule has 0 fully saturated rings. The van der Waals surface area contributed by atoms with Crippen molar-refractivity contribution < 1.29 is 19.0 Å². The Balaban J connectivity index is 1.97. The monoisotopic (exact) mass is 382 g/mol. The molecule has 27 heavy (non-hydrogen) atoms. The van der Waals surface area contributed by atoms with Gasteiger partial charge in [0, 0.05) is 12.1 Å². The summed E-state index contributed by atoms with van der Waals surface area (Å²) in [6, 6.07) is 11.8. The zero-order valence-corrected chi connectivity index (χ0v) is 15.8. The van der Waals surface area contributed by atoms with Gasteiger partial charge in [0.15, 0.2) is 5.76 Å². The summed E-state index contributed by atoms with van der Waals surface area (Å²) in [5, 5.41) is 9.58. The van der Waals surface area contributed by atoms with E-state index in [0.717, 1.165) is 5.56 Å². The molecule has 0 aliphatic carbocycles. The Morgan fingerprint density at radius 1 is 1.37 bits per heavy atom. The van der Waals surface area contributed by atoms with Gasteiger partial charge in [0.2, 0.25) is 6.29 Å². The van der Waals surface area contributed by atoms with E-state index in [2.05, 4.69) is 11.1 Å². The molecule has 138 valence electrons. The molecule has 0 spiro atoms. The molecule has 2 heterocycles. The van der Waals surface area contributed by atoms with Crippen LogP contribution in [0.15, 0.2) is 36.6 Å². The average molecular weight is 382 g/mol. The summed E-state index contributed by atoms with van der Waals surface area (Å²) in [6.45, 7) is 3.63. The average Bonchev–Trinajstić information content (AvgIpc) is 3.10. The van der Waals surface area contributed by atoms with Crippen LogP contribution in [0.5, 0.6) is 0 Å². The normalized spacial score (nSPS) is 15.3. The predicted molar refractivity (Wildman–Crippen MR) is 101 cm³/mol. The highest BCUT2D eigenvalue weighted by Gasteiger charge is 2.30. The number of ether oxygens (including phenoxy) is 3. The second kappa shape index (κ2) is 8.06. The van der Waals surface area contributed by atoms with Crippen molar-refractivity contribution in [2.24, 2.45) is 0 Å². The number of H-pyrrole nitrogens is 1. The third kappa shape index (κ3) is 3.86. The van der Waals surface area contributed by atoms with E-state index in [4.69, 9.17) is 26.4 Å². The van der Waals surface area contributed by atoms with Crippen LogP contribution in [0.3, 0.4) is 0 Å².